The Morgan fingerprint density at radius 2 is 2.10 bits per heavy atom. The lowest BCUT2D eigenvalue weighted by atomic mass is 10.1. The maximum absolute atomic E-state index is 12.4. The van der Waals surface area contributed by atoms with Crippen LogP contribution in [-0.4, -0.2) is 52.9 Å². The predicted octanol–water partition coefficient (Wildman–Crippen LogP) is 1.43. The number of aromatic nitrogens is 1. The number of carbonyl (C=O) groups is 1. The summed E-state index contributed by atoms with van der Waals surface area (Å²) in [5.41, 5.74) is 6.89. The summed E-state index contributed by atoms with van der Waals surface area (Å²) < 4.78 is 0. The predicted molar refractivity (Wildman–Crippen MR) is 83.6 cm³/mol. The fraction of sp³-hybridized carbons (Fsp3) is 0.538. The lowest BCUT2D eigenvalue weighted by molar-refractivity contribution is 0.0572. The Morgan fingerprint density at radius 1 is 1.30 bits per heavy atom. The smallest absolute Gasteiger partial charge is 0.257 e. The van der Waals surface area contributed by atoms with Gasteiger partial charge in [-0.1, -0.05) is 0 Å². The molecule has 2 N–H and O–H groups in total. The van der Waals surface area contributed by atoms with E-state index >= 15 is 0 Å². The third-order valence-electron chi connectivity index (χ3n) is 3.96. The number of nitrogens with two attached hydrogens (primary N) is 1. The average Bonchev–Trinajstić information content (AvgIpc) is 2.85. The number of fused-ring (bicyclic) bond motifs is 1. The Labute approximate surface area is 131 Å². The molecule has 1 amide bonds. The van der Waals surface area contributed by atoms with E-state index in [1.165, 1.54) is 19.4 Å². The summed E-state index contributed by atoms with van der Waals surface area (Å²) in [5.74, 6) is 0.0205. The lowest BCUT2D eigenvalue weighted by Crippen LogP contribution is -2.52. The summed E-state index contributed by atoms with van der Waals surface area (Å²) in [6.45, 7) is 3.79. The van der Waals surface area contributed by atoms with Gasteiger partial charge in [0.05, 0.1) is 5.56 Å². The normalized spacial score (nSPS) is 21.6. The van der Waals surface area contributed by atoms with Gasteiger partial charge < -0.3 is 10.6 Å². The first kappa shape index (κ1) is 17.0. The maximum Gasteiger partial charge on any atom is 0.257 e. The SMILES string of the molecule is Cl.Cl.Nc1ccncc1C(=O)N1CCN2CCCC2C1. The van der Waals surface area contributed by atoms with Crippen LogP contribution in [0.5, 0.6) is 0 Å². The number of anilines is 1. The first-order chi connectivity index (χ1) is 8.75. The minimum atomic E-state index is 0. The molecule has 2 saturated heterocycles. The highest BCUT2D eigenvalue weighted by Gasteiger charge is 2.33. The molecule has 2 aliphatic heterocycles. The van der Waals surface area contributed by atoms with Crippen molar-refractivity contribution < 1.29 is 4.79 Å². The van der Waals surface area contributed by atoms with E-state index in [2.05, 4.69) is 9.88 Å². The average molecular weight is 319 g/mol. The zero-order chi connectivity index (χ0) is 12.5. The molecule has 7 heteroatoms. The van der Waals surface area contributed by atoms with Crippen molar-refractivity contribution in [2.24, 2.45) is 0 Å². The second kappa shape index (κ2) is 7.11. The van der Waals surface area contributed by atoms with Gasteiger partial charge in [0.25, 0.3) is 5.91 Å². The second-order valence-corrected chi connectivity index (χ2v) is 5.05. The Morgan fingerprint density at radius 3 is 2.85 bits per heavy atom. The number of nitrogen functional groups attached to an aromatic ring is 1. The number of hydrogen-bond donors (Lipinski definition) is 1. The molecule has 2 aliphatic rings. The second-order valence-electron chi connectivity index (χ2n) is 5.05. The topological polar surface area (TPSA) is 62.5 Å². The van der Waals surface area contributed by atoms with Gasteiger partial charge in [-0.05, 0) is 25.5 Å². The van der Waals surface area contributed by atoms with E-state index in [9.17, 15) is 4.79 Å². The molecular weight excluding hydrogens is 299 g/mol. The molecule has 1 aromatic rings. The summed E-state index contributed by atoms with van der Waals surface area (Å²) in [7, 11) is 0. The molecule has 3 rings (SSSR count). The van der Waals surface area contributed by atoms with Gasteiger partial charge in [-0.2, -0.15) is 0 Å². The first-order valence-corrected chi connectivity index (χ1v) is 6.48. The summed E-state index contributed by atoms with van der Waals surface area (Å²) >= 11 is 0. The monoisotopic (exact) mass is 318 g/mol. The van der Waals surface area contributed by atoms with Crippen LogP contribution in [0.25, 0.3) is 0 Å². The summed E-state index contributed by atoms with van der Waals surface area (Å²) in [6, 6.07) is 2.22. The highest BCUT2D eigenvalue weighted by molar-refractivity contribution is 5.98. The van der Waals surface area contributed by atoms with Crippen LogP contribution >= 0.6 is 24.8 Å². The molecule has 0 radical (unpaired) electrons. The minimum absolute atomic E-state index is 0. The van der Waals surface area contributed by atoms with E-state index < -0.39 is 0 Å². The van der Waals surface area contributed by atoms with Gasteiger partial charge in [0.2, 0.25) is 0 Å². The van der Waals surface area contributed by atoms with Crippen molar-refractivity contribution in [3.05, 3.63) is 24.0 Å². The molecule has 0 aromatic carbocycles. The number of rotatable bonds is 1. The van der Waals surface area contributed by atoms with Gasteiger partial charge in [0.15, 0.2) is 0 Å². The van der Waals surface area contributed by atoms with Crippen LogP contribution in [0.2, 0.25) is 0 Å². The summed E-state index contributed by atoms with van der Waals surface area (Å²) in [6.07, 6.45) is 5.63. The number of amides is 1. The van der Waals surface area contributed by atoms with Gasteiger partial charge in [0.1, 0.15) is 0 Å². The van der Waals surface area contributed by atoms with Crippen molar-refractivity contribution in [1.29, 1.82) is 0 Å². The van der Waals surface area contributed by atoms with Crippen LogP contribution in [0.4, 0.5) is 5.69 Å². The van der Waals surface area contributed by atoms with Crippen LogP contribution in [0, 0.1) is 0 Å². The molecule has 20 heavy (non-hydrogen) atoms. The summed E-state index contributed by atoms with van der Waals surface area (Å²) in [4.78, 5) is 20.8. The fourth-order valence-corrected chi connectivity index (χ4v) is 2.93. The standard InChI is InChI=1S/C13H18N4O.2ClH/c14-12-3-4-15-8-11(12)13(18)17-7-6-16-5-1-2-10(16)9-17;;/h3-4,8,10H,1-2,5-7,9H2,(H2,14,15);2*1H. The van der Waals surface area contributed by atoms with E-state index in [1.54, 1.807) is 18.5 Å². The van der Waals surface area contributed by atoms with Crippen LogP contribution in [0.1, 0.15) is 23.2 Å². The third kappa shape index (κ3) is 3.16. The number of pyridine rings is 1. The van der Waals surface area contributed by atoms with Crippen molar-refractivity contribution in [2.45, 2.75) is 18.9 Å². The van der Waals surface area contributed by atoms with E-state index in [0.29, 0.717) is 17.3 Å². The highest BCUT2D eigenvalue weighted by Crippen LogP contribution is 2.23. The van der Waals surface area contributed by atoms with Crippen molar-refractivity contribution in [2.75, 3.05) is 31.9 Å². The molecule has 0 aliphatic carbocycles. The lowest BCUT2D eigenvalue weighted by Gasteiger charge is -2.37. The molecule has 1 unspecified atom stereocenters. The summed E-state index contributed by atoms with van der Waals surface area (Å²) in [5, 5.41) is 0. The Bertz CT molecular complexity index is 471. The fourth-order valence-electron chi connectivity index (χ4n) is 2.93. The minimum Gasteiger partial charge on any atom is -0.398 e. The molecule has 1 aromatic heterocycles. The largest absolute Gasteiger partial charge is 0.398 e. The van der Waals surface area contributed by atoms with Gasteiger partial charge in [0, 0.05) is 43.8 Å². The molecule has 2 fully saturated rings. The van der Waals surface area contributed by atoms with Crippen molar-refractivity contribution in [3.63, 3.8) is 0 Å². The number of hydrogen-bond acceptors (Lipinski definition) is 4. The van der Waals surface area contributed by atoms with Crippen LogP contribution in [0.3, 0.4) is 0 Å². The first-order valence-electron chi connectivity index (χ1n) is 6.48. The molecule has 3 heterocycles. The van der Waals surface area contributed by atoms with E-state index in [-0.39, 0.29) is 30.7 Å². The molecule has 5 nitrogen and oxygen atoms in total. The van der Waals surface area contributed by atoms with Crippen LogP contribution in [0.15, 0.2) is 18.5 Å². The third-order valence-corrected chi connectivity index (χ3v) is 3.96. The number of nitrogens with zero attached hydrogens (tertiary/aromatic N) is 3. The Kier molecular flexibility index (Phi) is 6.05. The Balaban J connectivity index is 0.000001000. The zero-order valence-corrected chi connectivity index (χ0v) is 12.8. The molecule has 0 spiro atoms. The molecule has 0 saturated carbocycles. The van der Waals surface area contributed by atoms with Crippen molar-refractivity contribution in [1.82, 2.24) is 14.8 Å². The van der Waals surface area contributed by atoms with Crippen molar-refractivity contribution in [3.8, 4) is 0 Å². The quantitative estimate of drug-likeness (QED) is 0.850. The van der Waals surface area contributed by atoms with Crippen LogP contribution in [-0.2, 0) is 0 Å². The van der Waals surface area contributed by atoms with E-state index in [4.69, 9.17) is 5.73 Å². The number of piperazine rings is 1. The molecular formula is C13H20Cl2N4O. The van der Waals surface area contributed by atoms with Crippen molar-refractivity contribution >= 4 is 36.4 Å². The molecule has 1 atom stereocenters. The van der Waals surface area contributed by atoms with E-state index in [1.807, 2.05) is 4.90 Å². The number of halogens is 2. The van der Waals surface area contributed by atoms with E-state index in [0.717, 1.165) is 19.6 Å². The zero-order valence-electron chi connectivity index (χ0n) is 11.2. The molecule has 0 bridgehead atoms. The van der Waals surface area contributed by atoms with Gasteiger partial charge in [-0.3, -0.25) is 14.7 Å². The van der Waals surface area contributed by atoms with Gasteiger partial charge in [-0.15, -0.1) is 24.8 Å². The van der Waals surface area contributed by atoms with Gasteiger partial charge in [-0.25, -0.2) is 0 Å². The number of carbonyl (C=O) groups excluding carboxylic acids is 1. The van der Waals surface area contributed by atoms with Crippen LogP contribution < -0.4 is 5.73 Å². The maximum atomic E-state index is 12.4. The molecule has 112 valence electrons. The van der Waals surface area contributed by atoms with Gasteiger partial charge >= 0.3 is 0 Å². The Hall–Kier alpha value is -1.04. The highest BCUT2D eigenvalue weighted by atomic mass is 35.5.